The molecule has 0 fully saturated rings. The summed E-state index contributed by atoms with van der Waals surface area (Å²) in [6.45, 7) is 4.13. The van der Waals surface area contributed by atoms with Gasteiger partial charge in [0.25, 0.3) is 0 Å². The predicted octanol–water partition coefficient (Wildman–Crippen LogP) is 1.48. The van der Waals surface area contributed by atoms with E-state index in [4.69, 9.17) is 5.11 Å². The molecule has 1 aromatic heterocycles. The highest BCUT2D eigenvalue weighted by atomic mass is 32.1. The number of aliphatic carboxylic acids is 1. The molecule has 2 unspecified atom stereocenters. The fourth-order valence-corrected chi connectivity index (χ4v) is 2.16. The monoisotopic (exact) mass is 285 g/mol. The smallest absolute Gasteiger partial charge is 0.326 e. The lowest BCUT2D eigenvalue weighted by Gasteiger charge is -2.20. The number of carbonyl (C=O) groups excluding carboxylic acids is 1. The summed E-state index contributed by atoms with van der Waals surface area (Å²) in [6.07, 6.45) is 3.05. The lowest BCUT2D eigenvalue weighted by Crippen LogP contribution is -2.49. The average molecular weight is 285 g/mol. The Kier molecular flexibility index (Phi) is 6.27. The number of nitrogens with one attached hydrogen (secondary N) is 2. The predicted molar refractivity (Wildman–Crippen MR) is 73.2 cm³/mol. The first kappa shape index (κ1) is 15.4. The highest BCUT2D eigenvalue weighted by Gasteiger charge is 2.24. The summed E-state index contributed by atoms with van der Waals surface area (Å²) in [5, 5.41) is 17.0. The Morgan fingerprint density at radius 3 is 2.79 bits per heavy atom. The van der Waals surface area contributed by atoms with Crippen molar-refractivity contribution in [1.82, 2.24) is 15.6 Å². The van der Waals surface area contributed by atoms with E-state index in [-0.39, 0.29) is 5.92 Å². The molecule has 0 aliphatic heterocycles. The number of amides is 2. The summed E-state index contributed by atoms with van der Waals surface area (Å²) in [7, 11) is 0. The average Bonchev–Trinajstić information content (AvgIpc) is 2.87. The molecular formula is C12H19N3O3S. The van der Waals surface area contributed by atoms with Gasteiger partial charge in [0.2, 0.25) is 0 Å². The lowest BCUT2D eigenvalue weighted by molar-refractivity contribution is -0.140. The fraction of sp³-hybridized carbons (Fsp3) is 0.583. The lowest BCUT2D eigenvalue weighted by atomic mass is 9.99. The van der Waals surface area contributed by atoms with Gasteiger partial charge in [-0.05, 0) is 5.92 Å². The number of rotatable bonds is 7. The van der Waals surface area contributed by atoms with Gasteiger partial charge in [-0.3, -0.25) is 0 Å². The normalized spacial score (nSPS) is 13.6. The van der Waals surface area contributed by atoms with Gasteiger partial charge in [0.05, 0.1) is 5.01 Å². The van der Waals surface area contributed by atoms with Crippen LogP contribution in [0.3, 0.4) is 0 Å². The van der Waals surface area contributed by atoms with Crippen molar-refractivity contribution in [3.63, 3.8) is 0 Å². The van der Waals surface area contributed by atoms with Crippen molar-refractivity contribution in [2.75, 3.05) is 6.54 Å². The van der Waals surface area contributed by atoms with Gasteiger partial charge in [-0.15, -0.1) is 11.3 Å². The standard InChI is InChI=1S/C12H19N3O3S/c1-3-8(2)10(11(16)17)15-12(18)14-5-4-9-13-6-7-19-9/h6-8,10H,3-5H2,1-2H3,(H,16,17)(H2,14,15,18). The number of hydrogen-bond acceptors (Lipinski definition) is 4. The van der Waals surface area contributed by atoms with Gasteiger partial charge in [0.15, 0.2) is 0 Å². The maximum absolute atomic E-state index is 11.6. The number of nitrogens with zero attached hydrogens (tertiary/aromatic N) is 1. The molecule has 0 bridgehead atoms. The number of aromatic nitrogens is 1. The van der Waals surface area contributed by atoms with Crippen LogP contribution < -0.4 is 10.6 Å². The topological polar surface area (TPSA) is 91.3 Å². The van der Waals surface area contributed by atoms with Gasteiger partial charge < -0.3 is 15.7 Å². The van der Waals surface area contributed by atoms with Gasteiger partial charge in [-0.2, -0.15) is 0 Å². The van der Waals surface area contributed by atoms with Crippen molar-refractivity contribution >= 4 is 23.3 Å². The zero-order valence-corrected chi connectivity index (χ0v) is 11.9. The van der Waals surface area contributed by atoms with Crippen molar-refractivity contribution in [1.29, 1.82) is 0 Å². The van der Waals surface area contributed by atoms with Crippen LogP contribution in [-0.2, 0) is 11.2 Å². The number of carboxylic acid groups (broad SMARTS) is 1. The third-order valence-corrected chi connectivity index (χ3v) is 3.71. The molecule has 6 nitrogen and oxygen atoms in total. The van der Waals surface area contributed by atoms with Crippen LogP contribution >= 0.6 is 11.3 Å². The van der Waals surface area contributed by atoms with Crippen molar-refractivity contribution in [3.8, 4) is 0 Å². The van der Waals surface area contributed by atoms with E-state index in [0.717, 1.165) is 5.01 Å². The second kappa shape index (κ2) is 7.73. The van der Waals surface area contributed by atoms with Crippen molar-refractivity contribution in [3.05, 3.63) is 16.6 Å². The highest BCUT2D eigenvalue weighted by Crippen LogP contribution is 2.07. The Hall–Kier alpha value is -1.63. The van der Waals surface area contributed by atoms with Crippen LogP contribution in [0, 0.1) is 5.92 Å². The molecule has 2 amide bonds. The summed E-state index contributed by atoms with van der Waals surface area (Å²) >= 11 is 1.52. The van der Waals surface area contributed by atoms with Crippen LogP contribution in [-0.4, -0.2) is 34.7 Å². The molecule has 0 spiro atoms. The molecule has 0 saturated heterocycles. The van der Waals surface area contributed by atoms with E-state index in [9.17, 15) is 9.59 Å². The van der Waals surface area contributed by atoms with Gasteiger partial charge >= 0.3 is 12.0 Å². The first-order chi connectivity index (χ1) is 9.04. The van der Waals surface area contributed by atoms with Gasteiger partial charge in [-0.25, -0.2) is 14.6 Å². The Morgan fingerprint density at radius 2 is 2.26 bits per heavy atom. The number of thiazole rings is 1. The maximum atomic E-state index is 11.6. The van der Waals surface area contributed by atoms with E-state index in [1.165, 1.54) is 11.3 Å². The first-order valence-corrected chi connectivity index (χ1v) is 7.08. The van der Waals surface area contributed by atoms with Crippen LogP contribution in [0.2, 0.25) is 0 Å². The third kappa shape index (κ3) is 5.25. The Bertz CT molecular complexity index is 408. The minimum Gasteiger partial charge on any atom is -0.480 e. The molecule has 19 heavy (non-hydrogen) atoms. The van der Waals surface area contributed by atoms with Crippen molar-refractivity contribution < 1.29 is 14.7 Å². The Labute approximate surface area is 116 Å². The van der Waals surface area contributed by atoms with Crippen molar-refractivity contribution in [2.45, 2.75) is 32.7 Å². The molecule has 1 heterocycles. The molecule has 0 aliphatic rings. The number of urea groups is 1. The quantitative estimate of drug-likeness (QED) is 0.707. The summed E-state index contributed by atoms with van der Waals surface area (Å²) in [5.74, 6) is -1.12. The number of carbonyl (C=O) groups is 2. The summed E-state index contributed by atoms with van der Waals surface area (Å²) in [4.78, 5) is 26.7. The van der Waals surface area contributed by atoms with E-state index >= 15 is 0 Å². The minimum atomic E-state index is -1.01. The van der Waals surface area contributed by atoms with E-state index in [1.807, 2.05) is 12.3 Å². The van der Waals surface area contributed by atoms with E-state index in [2.05, 4.69) is 15.6 Å². The third-order valence-electron chi connectivity index (χ3n) is 2.87. The minimum absolute atomic E-state index is 0.109. The molecule has 1 aromatic rings. The molecule has 0 aliphatic carbocycles. The Morgan fingerprint density at radius 1 is 1.53 bits per heavy atom. The van der Waals surface area contributed by atoms with Crippen LogP contribution in [0.4, 0.5) is 4.79 Å². The zero-order valence-electron chi connectivity index (χ0n) is 11.0. The zero-order chi connectivity index (χ0) is 14.3. The maximum Gasteiger partial charge on any atom is 0.326 e. The number of hydrogen-bond donors (Lipinski definition) is 3. The van der Waals surface area contributed by atoms with Crippen LogP contribution in [0.15, 0.2) is 11.6 Å². The summed E-state index contributed by atoms with van der Waals surface area (Å²) in [6, 6.07) is -1.31. The summed E-state index contributed by atoms with van der Waals surface area (Å²) in [5.41, 5.74) is 0. The molecule has 3 N–H and O–H groups in total. The molecular weight excluding hydrogens is 266 g/mol. The van der Waals surface area contributed by atoms with E-state index in [1.54, 1.807) is 13.1 Å². The second-order valence-corrected chi connectivity index (χ2v) is 5.26. The van der Waals surface area contributed by atoms with Gasteiger partial charge in [0.1, 0.15) is 6.04 Å². The molecule has 0 saturated carbocycles. The second-order valence-electron chi connectivity index (χ2n) is 4.28. The highest BCUT2D eigenvalue weighted by molar-refractivity contribution is 7.09. The summed E-state index contributed by atoms with van der Waals surface area (Å²) < 4.78 is 0. The molecule has 2 atom stereocenters. The van der Waals surface area contributed by atoms with Crippen LogP contribution in [0.1, 0.15) is 25.3 Å². The fourth-order valence-electron chi connectivity index (χ4n) is 1.53. The SMILES string of the molecule is CCC(C)C(NC(=O)NCCc1nccs1)C(=O)O. The van der Waals surface area contributed by atoms with E-state index < -0.39 is 18.0 Å². The molecule has 0 radical (unpaired) electrons. The molecule has 106 valence electrons. The molecule has 1 rings (SSSR count). The van der Waals surface area contributed by atoms with Crippen molar-refractivity contribution in [2.24, 2.45) is 5.92 Å². The largest absolute Gasteiger partial charge is 0.480 e. The Balaban J connectivity index is 2.34. The van der Waals surface area contributed by atoms with Gasteiger partial charge in [0, 0.05) is 24.5 Å². The van der Waals surface area contributed by atoms with E-state index in [0.29, 0.717) is 19.4 Å². The molecule has 0 aromatic carbocycles. The van der Waals surface area contributed by atoms with Crippen LogP contribution in [0.5, 0.6) is 0 Å². The molecule has 7 heteroatoms. The first-order valence-electron chi connectivity index (χ1n) is 6.20. The van der Waals surface area contributed by atoms with Gasteiger partial charge in [-0.1, -0.05) is 20.3 Å². The van der Waals surface area contributed by atoms with Crippen LogP contribution in [0.25, 0.3) is 0 Å². The number of carboxylic acids is 1.